The van der Waals surface area contributed by atoms with Gasteiger partial charge >= 0.3 is 0 Å². The van der Waals surface area contributed by atoms with Crippen LogP contribution in [0.3, 0.4) is 0 Å². The summed E-state index contributed by atoms with van der Waals surface area (Å²) in [6, 6.07) is 17.5. The summed E-state index contributed by atoms with van der Waals surface area (Å²) < 4.78 is 0. The Labute approximate surface area is 184 Å². The van der Waals surface area contributed by atoms with E-state index in [1.165, 1.54) is 33.2 Å². The van der Waals surface area contributed by atoms with E-state index in [2.05, 4.69) is 84.5 Å². The Kier molecular flexibility index (Phi) is 5.41. The molecule has 1 aliphatic carbocycles. The predicted molar refractivity (Wildman–Crippen MR) is 127 cm³/mol. The minimum absolute atomic E-state index is 0.0998. The van der Waals surface area contributed by atoms with Crippen molar-refractivity contribution < 1.29 is 4.79 Å². The molecule has 2 aliphatic rings. The first-order valence-electron chi connectivity index (χ1n) is 11.6. The average Bonchev–Trinajstić information content (AvgIpc) is 3.22. The van der Waals surface area contributed by atoms with Gasteiger partial charge in [-0.2, -0.15) is 0 Å². The summed E-state index contributed by atoms with van der Waals surface area (Å²) in [5.74, 6) is 0.164. The fourth-order valence-electron chi connectivity index (χ4n) is 5.40. The van der Waals surface area contributed by atoms with Gasteiger partial charge in [0.1, 0.15) is 0 Å². The highest BCUT2D eigenvalue weighted by Crippen LogP contribution is 2.42. The van der Waals surface area contributed by atoms with Crippen LogP contribution in [-0.2, 0) is 17.8 Å². The molecular weight excluding hydrogens is 382 g/mol. The van der Waals surface area contributed by atoms with E-state index in [1.54, 1.807) is 0 Å². The van der Waals surface area contributed by atoms with E-state index in [-0.39, 0.29) is 11.8 Å². The Hall–Kier alpha value is -2.85. The molecule has 31 heavy (non-hydrogen) atoms. The highest BCUT2D eigenvalue weighted by atomic mass is 16.2. The fraction of sp³-hybridized carbons (Fsp3) is 0.370. The van der Waals surface area contributed by atoms with Gasteiger partial charge in [-0.25, -0.2) is 0 Å². The summed E-state index contributed by atoms with van der Waals surface area (Å²) in [4.78, 5) is 21.5. The van der Waals surface area contributed by atoms with Crippen molar-refractivity contribution in [2.24, 2.45) is 5.92 Å². The maximum Gasteiger partial charge on any atom is 0.230 e. The van der Waals surface area contributed by atoms with Crippen LogP contribution in [-0.4, -0.2) is 46.4 Å². The van der Waals surface area contributed by atoms with Crippen molar-refractivity contribution in [2.45, 2.75) is 39.3 Å². The molecule has 5 rings (SSSR count). The lowest BCUT2D eigenvalue weighted by Crippen LogP contribution is -2.49. The number of aromatic amines is 1. The Morgan fingerprint density at radius 3 is 2.74 bits per heavy atom. The molecule has 4 nitrogen and oxygen atoms in total. The van der Waals surface area contributed by atoms with Gasteiger partial charge in [0, 0.05) is 49.3 Å². The Morgan fingerprint density at radius 2 is 1.97 bits per heavy atom. The van der Waals surface area contributed by atoms with E-state index in [0.29, 0.717) is 6.04 Å². The van der Waals surface area contributed by atoms with Crippen LogP contribution in [0.4, 0.5) is 0 Å². The SMILES string of the molecule is CCCN(CC)C(=O)[C@@H]1C=C2c3cccc4[nH]cc(c34)C[C@H]2N(Cc2ccccc2)C1. The molecule has 0 saturated carbocycles. The lowest BCUT2D eigenvalue weighted by molar-refractivity contribution is -0.134. The Balaban J connectivity index is 1.57. The summed E-state index contributed by atoms with van der Waals surface area (Å²) in [5.41, 5.74) is 6.49. The first-order valence-corrected chi connectivity index (χ1v) is 11.6. The monoisotopic (exact) mass is 413 g/mol. The molecule has 1 aromatic heterocycles. The second kappa shape index (κ2) is 8.35. The number of aromatic nitrogens is 1. The molecule has 0 bridgehead atoms. The summed E-state index contributed by atoms with van der Waals surface area (Å²) >= 11 is 0. The molecule has 0 fully saturated rings. The zero-order valence-corrected chi connectivity index (χ0v) is 18.5. The molecule has 0 saturated heterocycles. The smallest absolute Gasteiger partial charge is 0.230 e. The number of rotatable bonds is 6. The van der Waals surface area contributed by atoms with Crippen LogP contribution in [0.1, 0.15) is 37.0 Å². The molecule has 1 amide bonds. The Morgan fingerprint density at radius 1 is 1.13 bits per heavy atom. The lowest BCUT2D eigenvalue weighted by atomic mass is 9.79. The van der Waals surface area contributed by atoms with Crippen molar-refractivity contribution in [1.82, 2.24) is 14.8 Å². The normalized spacial score (nSPS) is 20.4. The van der Waals surface area contributed by atoms with Gasteiger partial charge in [-0.15, -0.1) is 0 Å². The van der Waals surface area contributed by atoms with Crippen LogP contribution in [0.25, 0.3) is 16.5 Å². The molecule has 0 spiro atoms. The summed E-state index contributed by atoms with van der Waals surface area (Å²) in [7, 11) is 0. The van der Waals surface area contributed by atoms with Gasteiger partial charge in [-0.1, -0.05) is 55.5 Å². The maximum absolute atomic E-state index is 13.5. The standard InChI is InChI=1S/C27H31N3O/c1-3-13-29(4-2)27(31)21-14-23-22-11-8-12-24-26(22)20(16-28-24)15-25(23)30(18-21)17-19-9-6-5-7-10-19/h5-12,14,16,21,25,28H,3-4,13,15,17-18H2,1-2H3/t21-,25-/m1/s1. The van der Waals surface area contributed by atoms with Gasteiger partial charge in [0.2, 0.25) is 5.91 Å². The topological polar surface area (TPSA) is 39.3 Å². The summed E-state index contributed by atoms with van der Waals surface area (Å²) in [6.45, 7) is 7.46. The largest absolute Gasteiger partial charge is 0.361 e. The third-order valence-corrected chi connectivity index (χ3v) is 6.86. The van der Waals surface area contributed by atoms with Crippen LogP contribution in [0, 0.1) is 5.92 Å². The van der Waals surface area contributed by atoms with Crippen molar-refractivity contribution in [3.8, 4) is 0 Å². The summed E-state index contributed by atoms with van der Waals surface area (Å²) in [6.07, 6.45) is 6.44. The van der Waals surface area contributed by atoms with Crippen molar-refractivity contribution in [3.63, 3.8) is 0 Å². The molecule has 0 unspecified atom stereocenters. The first kappa shape index (κ1) is 20.1. The molecule has 2 aromatic carbocycles. The van der Waals surface area contributed by atoms with Gasteiger partial charge in [-0.05, 0) is 48.1 Å². The van der Waals surface area contributed by atoms with Crippen molar-refractivity contribution in [1.29, 1.82) is 0 Å². The van der Waals surface area contributed by atoms with Crippen molar-refractivity contribution in [2.75, 3.05) is 19.6 Å². The minimum Gasteiger partial charge on any atom is -0.361 e. The molecule has 0 radical (unpaired) electrons. The number of hydrogen-bond donors (Lipinski definition) is 1. The number of hydrogen-bond acceptors (Lipinski definition) is 2. The van der Waals surface area contributed by atoms with Crippen LogP contribution >= 0.6 is 0 Å². The summed E-state index contributed by atoms with van der Waals surface area (Å²) in [5, 5.41) is 1.33. The molecule has 1 N–H and O–H groups in total. The van der Waals surface area contributed by atoms with Gasteiger partial charge in [0.05, 0.1) is 5.92 Å². The average molecular weight is 414 g/mol. The van der Waals surface area contributed by atoms with E-state index >= 15 is 0 Å². The van der Waals surface area contributed by atoms with E-state index in [9.17, 15) is 4.79 Å². The second-order valence-electron chi connectivity index (χ2n) is 8.82. The fourth-order valence-corrected chi connectivity index (χ4v) is 5.40. The molecule has 4 heteroatoms. The van der Waals surface area contributed by atoms with E-state index < -0.39 is 0 Å². The molecule has 1 aliphatic heterocycles. The number of fused-ring (bicyclic) bond motifs is 2. The first-order chi connectivity index (χ1) is 15.2. The van der Waals surface area contributed by atoms with Crippen LogP contribution in [0.15, 0.2) is 60.8 Å². The second-order valence-corrected chi connectivity index (χ2v) is 8.82. The number of carbonyl (C=O) groups is 1. The third-order valence-electron chi connectivity index (χ3n) is 6.86. The zero-order valence-electron chi connectivity index (χ0n) is 18.5. The Bertz CT molecular complexity index is 1110. The number of amides is 1. The van der Waals surface area contributed by atoms with Gasteiger partial charge in [0.15, 0.2) is 0 Å². The molecule has 3 aromatic rings. The highest BCUT2D eigenvalue weighted by molar-refractivity contribution is 5.99. The quantitative estimate of drug-likeness (QED) is 0.626. The maximum atomic E-state index is 13.5. The van der Waals surface area contributed by atoms with Crippen LogP contribution in [0.5, 0.6) is 0 Å². The third kappa shape index (κ3) is 3.59. The van der Waals surface area contributed by atoms with E-state index in [0.717, 1.165) is 39.0 Å². The minimum atomic E-state index is -0.0998. The predicted octanol–water partition coefficient (Wildman–Crippen LogP) is 4.87. The van der Waals surface area contributed by atoms with Crippen LogP contribution in [0.2, 0.25) is 0 Å². The van der Waals surface area contributed by atoms with Gasteiger partial charge in [0.25, 0.3) is 0 Å². The number of benzene rings is 2. The molecule has 160 valence electrons. The number of nitrogens with zero attached hydrogens (tertiary/aromatic N) is 2. The zero-order chi connectivity index (χ0) is 21.4. The molecule has 2 heterocycles. The van der Waals surface area contributed by atoms with E-state index in [1.807, 2.05) is 4.90 Å². The lowest BCUT2D eigenvalue weighted by Gasteiger charge is -2.42. The van der Waals surface area contributed by atoms with E-state index in [4.69, 9.17) is 0 Å². The molecule has 2 atom stereocenters. The van der Waals surface area contributed by atoms with Crippen molar-refractivity contribution in [3.05, 3.63) is 77.5 Å². The number of carbonyl (C=O) groups excluding carboxylic acids is 1. The van der Waals surface area contributed by atoms with Crippen LogP contribution < -0.4 is 0 Å². The molecular formula is C27H31N3O. The number of H-pyrrole nitrogens is 1. The van der Waals surface area contributed by atoms with Gasteiger partial charge < -0.3 is 9.88 Å². The number of nitrogens with one attached hydrogen (secondary N) is 1. The van der Waals surface area contributed by atoms with Crippen molar-refractivity contribution >= 4 is 22.4 Å². The highest BCUT2D eigenvalue weighted by Gasteiger charge is 2.38. The van der Waals surface area contributed by atoms with Gasteiger partial charge in [-0.3, -0.25) is 9.69 Å².